The fourth-order valence-electron chi connectivity index (χ4n) is 2.52. The number of aryl methyl sites for hydroxylation is 1. The van der Waals surface area contributed by atoms with Crippen molar-refractivity contribution in [1.82, 2.24) is 10.3 Å². The number of para-hydroxylation sites is 1. The topological polar surface area (TPSA) is 71.2 Å². The second-order valence-electron chi connectivity index (χ2n) is 5.21. The van der Waals surface area contributed by atoms with Gasteiger partial charge in [-0.25, -0.2) is 4.39 Å². The number of fused-ring (bicyclic) bond motifs is 1. The van der Waals surface area contributed by atoms with Crippen molar-refractivity contribution < 1.29 is 13.9 Å². The first-order chi connectivity index (χ1) is 10.6. The maximum Gasteiger partial charge on any atom is 0.260 e. The minimum atomic E-state index is -0.483. The van der Waals surface area contributed by atoms with Gasteiger partial charge >= 0.3 is 0 Å². The van der Waals surface area contributed by atoms with Gasteiger partial charge in [0.15, 0.2) is 11.6 Å². The van der Waals surface area contributed by atoms with Gasteiger partial charge in [0.25, 0.3) is 11.5 Å². The quantitative estimate of drug-likeness (QED) is 0.892. The third-order valence-electron chi connectivity index (χ3n) is 3.63. The van der Waals surface area contributed by atoms with Gasteiger partial charge in [0.1, 0.15) is 5.56 Å². The van der Waals surface area contributed by atoms with Crippen LogP contribution in [0.2, 0.25) is 0 Å². The molecule has 2 heterocycles. The standard InChI is InChI=1S/C16H15FN2O3/c1-9-5-6-11(15(20)18-9)16(21)19-13-7-8-22-14-10(13)3-2-4-12(14)17/h2-6,13H,7-8H2,1H3,(H,18,20)(H,19,21)/t13-/m0/s1. The van der Waals surface area contributed by atoms with Crippen LogP contribution in [0.15, 0.2) is 35.1 Å². The largest absolute Gasteiger partial charge is 0.490 e. The highest BCUT2D eigenvalue weighted by Gasteiger charge is 2.26. The van der Waals surface area contributed by atoms with Crippen LogP contribution in [0.3, 0.4) is 0 Å². The molecule has 22 heavy (non-hydrogen) atoms. The molecule has 0 fully saturated rings. The van der Waals surface area contributed by atoms with Crippen molar-refractivity contribution in [3.8, 4) is 5.75 Å². The van der Waals surface area contributed by atoms with Crippen molar-refractivity contribution >= 4 is 5.91 Å². The van der Waals surface area contributed by atoms with Crippen molar-refractivity contribution in [3.63, 3.8) is 0 Å². The summed E-state index contributed by atoms with van der Waals surface area (Å²) in [7, 11) is 0. The van der Waals surface area contributed by atoms with Crippen molar-refractivity contribution in [2.24, 2.45) is 0 Å². The minimum Gasteiger partial charge on any atom is -0.490 e. The molecule has 2 aromatic rings. The van der Waals surface area contributed by atoms with Crippen LogP contribution in [-0.2, 0) is 0 Å². The van der Waals surface area contributed by atoms with Crippen LogP contribution in [0.4, 0.5) is 4.39 Å². The summed E-state index contributed by atoms with van der Waals surface area (Å²) in [6.45, 7) is 2.05. The fourth-order valence-corrected chi connectivity index (χ4v) is 2.52. The average molecular weight is 302 g/mol. The predicted octanol–water partition coefficient (Wildman–Crippen LogP) is 2.08. The minimum absolute atomic E-state index is 0.0371. The van der Waals surface area contributed by atoms with E-state index >= 15 is 0 Å². The van der Waals surface area contributed by atoms with Crippen molar-refractivity contribution in [3.05, 3.63) is 63.3 Å². The normalized spacial score (nSPS) is 16.5. The number of aromatic nitrogens is 1. The van der Waals surface area contributed by atoms with Crippen molar-refractivity contribution in [2.45, 2.75) is 19.4 Å². The second-order valence-corrected chi connectivity index (χ2v) is 5.21. The third kappa shape index (κ3) is 2.59. The molecule has 6 heteroatoms. The number of pyridine rings is 1. The van der Waals surface area contributed by atoms with E-state index in [1.165, 1.54) is 12.1 Å². The summed E-state index contributed by atoms with van der Waals surface area (Å²) in [5.41, 5.74) is 0.863. The number of ether oxygens (including phenoxy) is 1. The molecule has 0 radical (unpaired) electrons. The molecule has 1 aromatic carbocycles. The summed E-state index contributed by atoms with van der Waals surface area (Å²) in [4.78, 5) is 26.7. The number of nitrogens with one attached hydrogen (secondary N) is 2. The third-order valence-corrected chi connectivity index (χ3v) is 3.63. The molecule has 0 spiro atoms. The summed E-state index contributed by atoms with van der Waals surface area (Å²) in [5, 5.41) is 2.77. The Bertz CT molecular complexity index is 785. The number of amides is 1. The Morgan fingerprint density at radius 2 is 2.18 bits per heavy atom. The lowest BCUT2D eigenvalue weighted by atomic mass is 10.00. The zero-order valence-electron chi connectivity index (χ0n) is 12.0. The molecule has 1 amide bonds. The predicted molar refractivity (Wildman–Crippen MR) is 78.5 cm³/mol. The average Bonchev–Trinajstić information content (AvgIpc) is 2.48. The van der Waals surface area contributed by atoms with E-state index in [1.54, 1.807) is 25.1 Å². The van der Waals surface area contributed by atoms with Crippen LogP contribution in [0.1, 0.15) is 34.1 Å². The Morgan fingerprint density at radius 3 is 2.95 bits per heavy atom. The fraction of sp³-hybridized carbons (Fsp3) is 0.250. The maximum absolute atomic E-state index is 13.7. The number of aromatic amines is 1. The molecule has 1 atom stereocenters. The monoisotopic (exact) mass is 302 g/mol. The summed E-state index contributed by atoms with van der Waals surface area (Å²) in [6, 6.07) is 7.35. The molecular weight excluding hydrogens is 287 g/mol. The molecule has 114 valence electrons. The zero-order valence-corrected chi connectivity index (χ0v) is 12.0. The molecular formula is C16H15FN2O3. The molecule has 0 bridgehead atoms. The summed E-state index contributed by atoms with van der Waals surface area (Å²) in [5.74, 6) is -0.773. The van der Waals surface area contributed by atoms with Gasteiger partial charge < -0.3 is 15.0 Å². The molecule has 1 aromatic heterocycles. The lowest BCUT2D eigenvalue weighted by molar-refractivity contribution is 0.0922. The second kappa shape index (κ2) is 5.63. The van der Waals surface area contributed by atoms with Gasteiger partial charge in [-0.1, -0.05) is 12.1 Å². The van der Waals surface area contributed by atoms with Crippen LogP contribution in [0.5, 0.6) is 5.75 Å². The Labute approximate surface area is 126 Å². The molecule has 0 unspecified atom stereocenters. The van der Waals surface area contributed by atoms with E-state index in [9.17, 15) is 14.0 Å². The highest BCUT2D eigenvalue weighted by molar-refractivity contribution is 5.94. The summed E-state index contributed by atoms with van der Waals surface area (Å²) in [6.07, 6.45) is 0.520. The van der Waals surface area contributed by atoms with Gasteiger partial charge in [0.2, 0.25) is 0 Å². The number of rotatable bonds is 2. The Morgan fingerprint density at radius 1 is 1.36 bits per heavy atom. The van der Waals surface area contributed by atoms with Crippen molar-refractivity contribution in [1.29, 1.82) is 0 Å². The molecule has 1 aliphatic heterocycles. The lowest BCUT2D eigenvalue weighted by Crippen LogP contribution is -2.35. The molecule has 2 N–H and O–H groups in total. The van der Waals surface area contributed by atoms with E-state index in [0.29, 0.717) is 24.3 Å². The van der Waals surface area contributed by atoms with E-state index in [-0.39, 0.29) is 17.4 Å². The van der Waals surface area contributed by atoms with Crippen molar-refractivity contribution in [2.75, 3.05) is 6.61 Å². The number of benzene rings is 1. The van der Waals surface area contributed by atoms with Gasteiger partial charge in [0, 0.05) is 17.7 Å². The highest BCUT2D eigenvalue weighted by Crippen LogP contribution is 2.34. The Balaban J connectivity index is 1.87. The summed E-state index contributed by atoms with van der Waals surface area (Å²) < 4.78 is 19.0. The van der Waals surface area contributed by atoms with Crippen LogP contribution < -0.4 is 15.6 Å². The van der Waals surface area contributed by atoms with Gasteiger partial charge in [-0.3, -0.25) is 9.59 Å². The van der Waals surface area contributed by atoms with Gasteiger partial charge in [-0.15, -0.1) is 0 Å². The van der Waals surface area contributed by atoms with E-state index in [4.69, 9.17) is 4.74 Å². The van der Waals surface area contributed by atoms with E-state index < -0.39 is 17.3 Å². The molecule has 5 nitrogen and oxygen atoms in total. The van der Waals surface area contributed by atoms with E-state index in [1.807, 2.05) is 0 Å². The number of H-pyrrole nitrogens is 1. The number of hydrogen-bond donors (Lipinski definition) is 2. The van der Waals surface area contributed by atoms with Crippen LogP contribution >= 0.6 is 0 Å². The summed E-state index contributed by atoms with van der Waals surface area (Å²) >= 11 is 0. The van der Waals surface area contributed by atoms with Gasteiger partial charge in [-0.2, -0.15) is 0 Å². The first-order valence-electron chi connectivity index (χ1n) is 6.98. The Hall–Kier alpha value is -2.63. The Kier molecular flexibility index (Phi) is 3.66. The molecule has 1 aliphatic rings. The first-order valence-corrected chi connectivity index (χ1v) is 6.98. The van der Waals surface area contributed by atoms with Crippen LogP contribution in [0, 0.1) is 12.7 Å². The van der Waals surface area contributed by atoms with Crippen LogP contribution in [-0.4, -0.2) is 17.5 Å². The zero-order chi connectivity index (χ0) is 15.7. The molecule has 0 saturated carbocycles. The maximum atomic E-state index is 13.7. The van der Waals surface area contributed by atoms with Crippen LogP contribution in [0.25, 0.3) is 0 Å². The van der Waals surface area contributed by atoms with E-state index in [0.717, 1.165) is 0 Å². The smallest absolute Gasteiger partial charge is 0.260 e. The number of hydrogen-bond acceptors (Lipinski definition) is 3. The number of carbonyl (C=O) groups excluding carboxylic acids is 1. The molecule has 0 saturated heterocycles. The lowest BCUT2D eigenvalue weighted by Gasteiger charge is -2.26. The van der Waals surface area contributed by atoms with Gasteiger partial charge in [-0.05, 0) is 25.1 Å². The molecule has 3 rings (SSSR count). The van der Waals surface area contributed by atoms with Gasteiger partial charge in [0.05, 0.1) is 12.6 Å². The number of halogens is 1. The number of carbonyl (C=O) groups is 1. The highest BCUT2D eigenvalue weighted by atomic mass is 19.1. The molecule has 0 aliphatic carbocycles. The first kappa shape index (κ1) is 14.3. The van der Waals surface area contributed by atoms with E-state index in [2.05, 4.69) is 10.3 Å². The SMILES string of the molecule is Cc1ccc(C(=O)N[C@H]2CCOc3c(F)cccc32)c(=O)[nH]1.